The van der Waals surface area contributed by atoms with Gasteiger partial charge >= 0.3 is 0 Å². The van der Waals surface area contributed by atoms with Crippen LogP contribution in [0.1, 0.15) is 24.0 Å². The first kappa shape index (κ1) is 21.1. The van der Waals surface area contributed by atoms with Crippen LogP contribution in [-0.2, 0) is 27.4 Å². The second-order valence-electron chi connectivity index (χ2n) is 8.10. The van der Waals surface area contributed by atoms with Gasteiger partial charge in [0.1, 0.15) is 0 Å². The smallest absolute Gasteiger partial charge is 0.178 e. The monoisotopic (exact) mass is 426 g/mol. The van der Waals surface area contributed by atoms with Crippen LogP contribution in [0.5, 0.6) is 0 Å². The molecule has 5 nitrogen and oxygen atoms in total. The Morgan fingerprint density at radius 2 is 2.00 bits per heavy atom. The lowest BCUT2D eigenvalue weighted by molar-refractivity contribution is 0.141. The number of rotatable bonds is 9. The summed E-state index contributed by atoms with van der Waals surface area (Å²) in [6, 6.07) is 15.5. The van der Waals surface area contributed by atoms with E-state index in [0.717, 1.165) is 37.2 Å². The maximum Gasteiger partial charge on any atom is 0.178 e. The number of aromatic nitrogens is 1. The van der Waals surface area contributed by atoms with Crippen molar-refractivity contribution in [1.29, 1.82) is 0 Å². The molecule has 1 N–H and O–H groups in total. The van der Waals surface area contributed by atoms with Crippen molar-refractivity contribution in [2.24, 2.45) is 0 Å². The second-order valence-corrected chi connectivity index (χ2v) is 10.2. The van der Waals surface area contributed by atoms with Crippen LogP contribution >= 0.6 is 0 Å². The molecule has 0 unspecified atom stereocenters. The first-order valence-electron chi connectivity index (χ1n) is 10.7. The molecule has 0 bridgehead atoms. The molecular formula is C24H30N2O3S. The number of ether oxygens (including phenoxy) is 1. The molecule has 160 valence electrons. The predicted molar refractivity (Wildman–Crippen MR) is 121 cm³/mol. The highest BCUT2D eigenvalue weighted by atomic mass is 32.2. The van der Waals surface area contributed by atoms with Crippen molar-refractivity contribution in [3.8, 4) is 0 Å². The number of aryl methyl sites for hydroxylation is 1. The molecule has 0 saturated carbocycles. The van der Waals surface area contributed by atoms with E-state index in [-0.39, 0.29) is 5.75 Å². The molecule has 1 aliphatic heterocycles. The number of aromatic amines is 1. The average molecular weight is 427 g/mol. The highest BCUT2D eigenvalue weighted by molar-refractivity contribution is 7.91. The number of hydrogen-bond donors (Lipinski definition) is 1. The third-order valence-electron chi connectivity index (χ3n) is 6.13. The Labute approximate surface area is 179 Å². The fraction of sp³-hybridized carbons (Fsp3) is 0.417. The molecule has 3 aromatic rings. The summed E-state index contributed by atoms with van der Waals surface area (Å²) in [6.45, 7) is 2.88. The lowest BCUT2D eigenvalue weighted by Gasteiger charge is -2.23. The van der Waals surface area contributed by atoms with Gasteiger partial charge in [0.25, 0.3) is 0 Å². The summed E-state index contributed by atoms with van der Waals surface area (Å²) in [5, 5.41) is 1.21. The lowest BCUT2D eigenvalue weighted by atomic mass is 10.0. The lowest BCUT2D eigenvalue weighted by Crippen LogP contribution is -2.33. The zero-order valence-corrected chi connectivity index (χ0v) is 18.3. The minimum atomic E-state index is -3.27. The average Bonchev–Trinajstić information content (AvgIpc) is 3.38. The Balaban J connectivity index is 1.48. The summed E-state index contributed by atoms with van der Waals surface area (Å²) in [6.07, 6.45) is 6.09. The fourth-order valence-corrected chi connectivity index (χ4v) is 5.74. The van der Waals surface area contributed by atoms with Gasteiger partial charge in [0.15, 0.2) is 9.84 Å². The van der Waals surface area contributed by atoms with E-state index in [1.54, 1.807) is 31.4 Å². The number of sulfone groups is 1. The molecule has 1 saturated heterocycles. The van der Waals surface area contributed by atoms with Crippen LogP contribution in [0.25, 0.3) is 10.9 Å². The Hall–Kier alpha value is -2.15. The van der Waals surface area contributed by atoms with Crippen LogP contribution in [-0.4, -0.2) is 56.9 Å². The molecule has 2 aromatic carbocycles. The quantitative estimate of drug-likeness (QED) is 0.565. The number of benzene rings is 2. The van der Waals surface area contributed by atoms with Crippen LogP contribution in [0.3, 0.4) is 0 Å². The van der Waals surface area contributed by atoms with E-state index in [1.807, 2.05) is 12.1 Å². The minimum Gasteiger partial charge on any atom is -0.383 e. The summed E-state index contributed by atoms with van der Waals surface area (Å²) in [5.74, 6) is 0.121. The predicted octanol–water partition coefficient (Wildman–Crippen LogP) is 3.84. The molecule has 0 radical (unpaired) electrons. The Kier molecular flexibility index (Phi) is 6.56. The van der Waals surface area contributed by atoms with Gasteiger partial charge in [0.05, 0.1) is 17.3 Å². The number of hydrogen-bond acceptors (Lipinski definition) is 4. The second kappa shape index (κ2) is 9.33. The molecule has 0 aliphatic carbocycles. The summed E-state index contributed by atoms with van der Waals surface area (Å²) >= 11 is 0. The number of likely N-dealkylation sites (tertiary alicyclic amines) is 1. The van der Waals surface area contributed by atoms with Gasteiger partial charge in [-0.2, -0.15) is 0 Å². The highest BCUT2D eigenvalue weighted by Crippen LogP contribution is 2.26. The van der Waals surface area contributed by atoms with Gasteiger partial charge < -0.3 is 9.72 Å². The number of nitrogens with zero attached hydrogens (tertiary/aromatic N) is 1. The van der Waals surface area contributed by atoms with E-state index < -0.39 is 9.84 Å². The van der Waals surface area contributed by atoms with E-state index in [9.17, 15) is 8.42 Å². The Morgan fingerprint density at radius 3 is 2.80 bits per heavy atom. The van der Waals surface area contributed by atoms with Gasteiger partial charge in [0.2, 0.25) is 0 Å². The topological polar surface area (TPSA) is 62.4 Å². The standard InChI is InChI=1S/C24H30N2O3S/c1-29-14-13-26-12-5-6-21(26)17-20-18-25-24-10-9-19(16-23(20)24)11-15-30(27,28)22-7-3-2-4-8-22/h2-4,7-10,16,18,21,25H,5-6,11-15,17H2,1H3/t21-/m1/s1. The first-order valence-corrected chi connectivity index (χ1v) is 12.3. The van der Waals surface area contributed by atoms with Crippen molar-refractivity contribution in [3.05, 3.63) is 65.9 Å². The van der Waals surface area contributed by atoms with E-state index in [2.05, 4.69) is 28.2 Å². The minimum absolute atomic E-state index is 0.121. The maximum atomic E-state index is 12.6. The van der Waals surface area contributed by atoms with Crippen molar-refractivity contribution >= 4 is 20.7 Å². The number of methoxy groups -OCH3 is 1. The third kappa shape index (κ3) is 4.77. The van der Waals surface area contributed by atoms with Crippen molar-refractivity contribution in [2.75, 3.05) is 32.6 Å². The molecule has 0 spiro atoms. The number of H-pyrrole nitrogens is 1. The van der Waals surface area contributed by atoms with Crippen molar-refractivity contribution < 1.29 is 13.2 Å². The fourth-order valence-electron chi connectivity index (χ4n) is 4.43. The molecule has 1 fully saturated rings. The van der Waals surface area contributed by atoms with Gasteiger partial charge in [-0.3, -0.25) is 4.90 Å². The Morgan fingerprint density at radius 1 is 1.17 bits per heavy atom. The molecule has 2 heterocycles. The Bertz CT molecular complexity index is 1080. The van der Waals surface area contributed by atoms with Crippen LogP contribution in [0, 0.1) is 0 Å². The van der Waals surface area contributed by atoms with Gasteiger partial charge in [-0.1, -0.05) is 24.3 Å². The van der Waals surface area contributed by atoms with E-state index >= 15 is 0 Å². The summed E-state index contributed by atoms with van der Waals surface area (Å²) in [4.78, 5) is 6.30. The number of nitrogens with one attached hydrogen (secondary N) is 1. The molecule has 1 aliphatic rings. The molecule has 4 rings (SSSR count). The molecule has 1 atom stereocenters. The zero-order chi connectivity index (χ0) is 21.0. The highest BCUT2D eigenvalue weighted by Gasteiger charge is 2.25. The van der Waals surface area contributed by atoms with Gasteiger partial charge in [-0.15, -0.1) is 0 Å². The maximum absolute atomic E-state index is 12.6. The summed E-state index contributed by atoms with van der Waals surface area (Å²) in [5.41, 5.74) is 3.48. The molecule has 0 amide bonds. The van der Waals surface area contributed by atoms with E-state index in [0.29, 0.717) is 17.4 Å². The van der Waals surface area contributed by atoms with Gasteiger partial charge in [-0.25, -0.2) is 8.42 Å². The summed E-state index contributed by atoms with van der Waals surface area (Å²) < 4.78 is 30.5. The first-order chi connectivity index (χ1) is 14.6. The van der Waals surface area contributed by atoms with Crippen molar-refractivity contribution in [2.45, 2.75) is 36.6 Å². The van der Waals surface area contributed by atoms with Crippen LogP contribution in [0.2, 0.25) is 0 Å². The molecule has 1 aromatic heterocycles. The third-order valence-corrected chi connectivity index (χ3v) is 7.86. The van der Waals surface area contributed by atoms with Crippen molar-refractivity contribution in [3.63, 3.8) is 0 Å². The van der Waals surface area contributed by atoms with Crippen LogP contribution < -0.4 is 0 Å². The summed E-state index contributed by atoms with van der Waals surface area (Å²) in [7, 11) is -1.52. The van der Waals surface area contributed by atoms with E-state index in [1.165, 1.54) is 23.8 Å². The largest absolute Gasteiger partial charge is 0.383 e. The van der Waals surface area contributed by atoms with Crippen LogP contribution in [0.15, 0.2) is 59.6 Å². The normalized spacial score (nSPS) is 17.7. The van der Waals surface area contributed by atoms with Crippen molar-refractivity contribution in [1.82, 2.24) is 9.88 Å². The molecule has 30 heavy (non-hydrogen) atoms. The molecular weight excluding hydrogens is 396 g/mol. The SMILES string of the molecule is COCCN1CCC[C@@H]1Cc1c[nH]c2ccc(CCS(=O)(=O)c3ccccc3)cc12. The van der Waals surface area contributed by atoms with Gasteiger partial charge in [0, 0.05) is 36.8 Å². The van der Waals surface area contributed by atoms with E-state index in [4.69, 9.17) is 4.74 Å². The number of fused-ring (bicyclic) bond motifs is 1. The van der Waals surface area contributed by atoms with Crippen LogP contribution in [0.4, 0.5) is 0 Å². The zero-order valence-electron chi connectivity index (χ0n) is 17.5. The molecule has 6 heteroatoms. The van der Waals surface area contributed by atoms with Gasteiger partial charge in [-0.05, 0) is 67.6 Å².